The van der Waals surface area contributed by atoms with Crippen LogP contribution < -0.4 is 5.32 Å². The summed E-state index contributed by atoms with van der Waals surface area (Å²) in [6.45, 7) is 3.03. The molecule has 0 unspecified atom stereocenters. The average Bonchev–Trinajstić information content (AvgIpc) is 2.43. The number of aliphatic hydroxyl groups excluding tert-OH is 1. The molecule has 112 valence electrons. The predicted octanol–water partition coefficient (Wildman–Crippen LogP) is -1.00. The van der Waals surface area contributed by atoms with E-state index < -0.39 is 0 Å². The molecule has 7 nitrogen and oxygen atoms in total. The van der Waals surface area contributed by atoms with Gasteiger partial charge < -0.3 is 19.9 Å². The van der Waals surface area contributed by atoms with Crippen LogP contribution in [0.3, 0.4) is 0 Å². The quantitative estimate of drug-likeness (QED) is 0.369. The second-order valence-corrected chi connectivity index (χ2v) is 3.97. The van der Waals surface area contributed by atoms with Gasteiger partial charge in [0.25, 0.3) is 0 Å². The third kappa shape index (κ3) is 10.4. The first-order chi connectivity index (χ1) is 9.13. The van der Waals surface area contributed by atoms with Gasteiger partial charge in [0, 0.05) is 32.7 Å². The second kappa shape index (κ2) is 11.9. The van der Waals surface area contributed by atoms with Crippen LogP contribution in [-0.4, -0.2) is 75.5 Å². The standard InChI is InChI=1S/C12H24N2O5/c1-18-11(16)3-5-13-6-8-14(9-10-15)7-4-12(17)19-2/h13,15H,3-10H2,1-2H3. The number of nitrogens with one attached hydrogen (secondary N) is 1. The van der Waals surface area contributed by atoms with E-state index in [0.29, 0.717) is 45.6 Å². The summed E-state index contributed by atoms with van der Waals surface area (Å²) in [6, 6.07) is 0. The summed E-state index contributed by atoms with van der Waals surface area (Å²) in [7, 11) is 2.71. The van der Waals surface area contributed by atoms with E-state index in [0.717, 1.165) is 0 Å². The van der Waals surface area contributed by atoms with E-state index in [4.69, 9.17) is 5.11 Å². The molecular weight excluding hydrogens is 252 g/mol. The van der Waals surface area contributed by atoms with Crippen LogP contribution in [0.2, 0.25) is 0 Å². The van der Waals surface area contributed by atoms with E-state index in [1.807, 2.05) is 4.90 Å². The van der Waals surface area contributed by atoms with Gasteiger partial charge in [-0.3, -0.25) is 14.5 Å². The molecule has 2 N–H and O–H groups in total. The normalized spacial score (nSPS) is 10.5. The number of methoxy groups -OCH3 is 2. The zero-order valence-corrected chi connectivity index (χ0v) is 11.7. The van der Waals surface area contributed by atoms with Crippen molar-refractivity contribution in [2.24, 2.45) is 0 Å². The summed E-state index contributed by atoms with van der Waals surface area (Å²) in [6.07, 6.45) is 0.636. The molecule has 0 aromatic heterocycles. The molecule has 0 aliphatic heterocycles. The van der Waals surface area contributed by atoms with Crippen molar-refractivity contribution < 1.29 is 24.2 Å². The van der Waals surface area contributed by atoms with Crippen LogP contribution >= 0.6 is 0 Å². The van der Waals surface area contributed by atoms with Crippen LogP contribution in [0.15, 0.2) is 0 Å². The summed E-state index contributed by atoms with van der Waals surface area (Å²) >= 11 is 0. The maximum Gasteiger partial charge on any atom is 0.306 e. The summed E-state index contributed by atoms with van der Waals surface area (Å²) in [5.41, 5.74) is 0. The van der Waals surface area contributed by atoms with Gasteiger partial charge in [0.1, 0.15) is 0 Å². The van der Waals surface area contributed by atoms with Gasteiger partial charge in [0.05, 0.1) is 33.7 Å². The topological polar surface area (TPSA) is 88.1 Å². The molecule has 0 heterocycles. The summed E-state index contributed by atoms with van der Waals surface area (Å²) < 4.78 is 9.09. The molecule has 0 aromatic rings. The first-order valence-electron chi connectivity index (χ1n) is 6.31. The minimum absolute atomic E-state index is 0.0450. The predicted molar refractivity (Wildman–Crippen MR) is 69.7 cm³/mol. The highest BCUT2D eigenvalue weighted by molar-refractivity contribution is 5.69. The minimum atomic E-state index is -0.262. The zero-order valence-electron chi connectivity index (χ0n) is 11.7. The Labute approximate surface area is 113 Å². The molecule has 0 saturated carbocycles. The largest absolute Gasteiger partial charge is 0.469 e. The molecule has 0 radical (unpaired) electrons. The maximum atomic E-state index is 11.0. The number of aliphatic hydroxyl groups is 1. The first kappa shape index (κ1) is 17.8. The van der Waals surface area contributed by atoms with E-state index in [-0.39, 0.29) is 18.5 Å². The van der Waals surface area contributed by atoms with Crippen molar-refractivity contribution in [2.45, 2.75) is 12.8 Å². The highest BCUT2D eigenvalue weighted by Crippen LogP contribution is 1.93. The fraction of sp³-hybridized carbons (Fsp3) is 0.833. The molecule has 7 heteroatoms. The monoisotopic (exact) mass is 276 g/mol. The molecule has 0 aliphatic carbocycles. The number of esters is 2. The van der Waals surface area contributed by atoms with Crippen LogP contribution in [0.1, 0.15) is 12.8 Å². The lowest BCUT2D eigenvalue weighted by Crippen LogP contribution is -2.36. The second-order valence-electron chi connectivity index (χ2n) is 3.97. The number of carbonyl (C=O) groups is 2. The van der Waals surface area contributed by atoms with Crippen molar-refractivity contribution in [3.8, 4) is 0 Å². The Morgan fingerprint density at radius 3 is 2.21 bits per heavy atom. The van der Waals surface area contributed by atoms with Gasteiger partial charge in [0.2, 0.25) is 0 Å². The van der Waals surface area contributed by atoms with E-state index >= 15 is 0 Å². The van der Waals surface area contributed by atoms with E-state index in [1.165, 1.54) is 14.2 Å². The molecule has 0 atom stereocenters. The molecule has 0 spiro atoms. The van der Waals surface area contributed by atoms with Gasteiger partial charge in [-0.1, -0.05) is 0 Å². The van der Waals surface area contributed by atoms with E-state index in [2.05, 4.69) is 14.8 Å². The SMILES string of the molecule is COC(=O)CCNCCN(CCO)CCC(=O)OC. The van der Waals surface area contributed by atoms with Gasteiger partial charge in [-0.2, -0.15) is 0 Å². The lowest BCUT2D eigenvalue weighted by atomic mass is 10.3. The lowest BCUT2D eigenvalue weighted by Gasteiger charge is -2.20. The Bertz CT molecular complexity index is 261. The van der Waals surface area contributed by atoms with Crippen LogP contribution in [0.5, 0.6) is 0 Å². The molecule has 19 heavy (non-hydrogen) atoms. The third-order valence-corrected chi connectivity index (χ3v) is 2.61. The summed E-state index contributed by atoms with van der Waals surface area (Å²) in [5, 5.41) is 12.0. The Balaban J connectivity index is 3.69. The minimum Gasteiger partial charge on any atom is -0.469 e. The molecule has 0 bridgehead atoms. The fourth-order valence-corrected chi connectivity index (χ4v) is 1.48. The number of rotatable bonds is 11. The van der Waals surface area contributed by atoms with Crippen molar-refractivity contribution in [1.82, 2.24) is 10.2 Å². The van der Waals surface area contributed by atoms with Gasteiger partial charge in [0.15, 0.2) is 0 Å². The smallest absolute Gasteiger partial charge is 0.306 e. The van der Waals surface area contributed by atoms with Crippen molar-refractivity contribution in [1.29, 1.82) is 0 Å². The summed E-state index contributed by atoms with van der Waals surface area (Å²) in [5.74, 6) is -0.507. The van der Waals surface area contributed by atoms with Crippen LogP contribution in [0.25, 0.3) is 0 Å². The highest BCUT2D eigenvalue weighted by Gasteiger charge is 2.07. The number of carbonyl (C=O) groups excluding carboxylic acids is 2. The van der Waals surface area contributed by atoms with Crippen molar-refractivity contribution in [2.75, 3.05) is 53.6 Å². The molecule has 0 saturated heterocycles. The Hall–Kier alpha value is -1.18. The van der Waals surface area contributed by atoms with E-state index in [1.54, 1.807) is 0 Å². The van der Waals surface area contributed by atoms with E-state index in [9.17, 15) is 9.59 Å². The van der Waals surface area contributed by atoms with Crippen molar-refractivity contribution in [3.63, 3.8) is 0 Å². The lowest BCUT2D eigenvalue weighted by molar-refractivity contribution is -0.141. The zero-order chi connectivity index (χ0) is 14.5. The Morgan fingerprint density at radius 2 is 1.63 bits per heavy atom. The highest BCUT2D eigenvalue weighted by atomic mass is 16.5. The van der Waals surface area contributed by atoms with Crippen LogP contribution in [-0.2, 0) is 19.1 Å². The van der Waals surface area contributed by atoms with Gasteiger partial charge in [-0.15, -0.1) is 0 Å². The molecule has 0 aromatic carbocycles. The number of hydrogen-bond acceptors (Lipinski definition) is 7. The van der Waals surface area contributed by atoms with Gasteiger partial charge in [-0.25, -0.2) is 0 Å². The number of nitrogens with zero attached hydrogens (tertiary/aromatic N) is 1. The van der Waals surface area contributed by atoms with Crippen molar-refractivity contribution >= 4 is 11.9 Å². The summed E-state index contributed by atoms with van der Waals surface area (Å²) in [4.78, 5) is 23.9. The molecule has 0 amide bonds. The average molecular weight is 276 g/mol. The molecule has 0 fully saturated rings. The third-order valence-electron chi connectivity index (χ3n) is 2.61. The Morgan fingerprint density at radius 1 is 1.00 bits per heavy atom. The van der Waals surface area contributed by atoms with Crippen molar-refractivity contribution in [3.05, 3.63) is 0 Å². The fourth-order valence-electron chi connectivity index (χ4n) is 1.48. The van der Waals surface area contributed by atoms with Gasteiger partial charge in [-0.05, 0) is 0 Å². The molecule has 0 rings (SSSR count). The molecule has 0 aliphatic rings. The van der Waals surface area contributed by atoms with Crippen LogP contribution in [0.4, 0.5) is 0 Å². The first-order valence-corrected chi connectivity index (χ1v) is 6.31. The number of ether oxygens (including phenoxy) is 2. The Kier molecular flexibility index (Phi) is 11.1. The molecular formula is C12H24N2O5. The van der Waals surface area contributed by atoms with Crippen LogP contribution in [0, 0.1) is 0 Å². The number of hydrogen-bond donors (Lipinski definition) is 2. The van der Waals surface area contributed by atoms with Gasteiger partial charge >= 0.3 is 11.9 Å². The maximum absolute atomic E-state index is 11.0.